The van der Waals surface area contributed by atoms with Gasteiger partial charge >= 0.3 is 0 Å². The van der Waals surface area contributed by atoms with Crippen LogP contribution in [-0.2, 0) is 6.54 Å². The summed E-state index contributed by atoms with van der Waals surface area (Å²) in [7, 11) is 1.63. The molecule has 0 aliphatic carbocycles. The lowest BCUT2D eigenvalue weighted by molar-refractivity contribution is 0.0955. The Morgan fingerprint density at radius 1 is 1.36 bits per heavy atom. The molecule has 2 aromatic heterocycles. The van der Waals surface area contributed by atoms with Crippen molar-refractivity contribution in [2.24, 2.45) is 0 Å². The minimum atomic E-state index is -0.0810. The van der Waals surface area contributed by atoms with Gasteiger partial charge < -0.3 is 10.1 Å². The quantitative estimate of drug-likeness (QED) is 0.760. The van der Waals surface area contributed by atoms with E-state index in [0.717, 1.165) is 21.8 Å². The van der Waals surface area contributed by atoms with Crippen molar-refractivity contribution in [2.75, 3.05) is 7.11 Å². The highest BCUT2D eigenvalue weighted by Crippen LogP contribution is 2.27. The molecule has 1 amide bonds. The van der Waals surface area contributed by atoms with E-state index in [4.69, 9.17) is 4.74 Å². The van der Waals surface area contributed by atoms with Gasteiger partial charge in [-0.3, -0.25) is 9.89 Å². The lowest BCUT2D eigenvalue weighted by Gasteiger charge is -2.05. The molecule has 1 aromatic carbocycles. The average Bonchev–Trinajstić information content (AvgIpc) is 3.23. The van der Waals surface area contributed by atoms with Gasteiger partial charge in [-0.15, -0.1) is 11.3 Å². The van der Waals surface area contributed by atoms with E-state index in [0.29, 0.717) is 11.4 Å². The summed E-state index contributed by atoms with van der Waals surface area (Å²) in [6, 6.07) is 11.4. The van der Waals surface area contributed by atoms with Gasteiger partial charge in [-0.25, -0.2) is 0 Å². The van der Waals surface area contributed by atoms with Gasteiger partial charge in [0.2, 0.25) is 0 Å². The molecule has 0 atom stereocenters. The maximum atomic E-state index is 12.2. The van der Waals surface area contributed by atoms with Gasteiger partial charge in [0.15, 0.2) is 0 Å². The van der Waals surface area contributed by atoms with Gasteiger partial charge in [0.25, 0.3) is 5.91 Å². The number of amides is 1. The van der Waals surface area contributed by atoms with Gasteiger partial charge in [-0.05, 0) is 29.8 Å². The van der Waals surface area contributed by atoms with Crippen LogP contribution in [0.15, 0.2) is 48.8 Å². The standard InChI is InChI=1S/C16H15N3O2S/c1-21-13-4-2-3-11(7-13)8-17-16(20)15-6-5-14(22-15)12-9-18-19-10-12/h2-7,9-10H,8H2,1H3,(H,17,20)(H,18,19). The minimum absolute atomic E-state index is 0.0810. The monoisotopic (exact) mass is 313 g/mol. The van der Waals surface area contributed by atoms with Crippen LogP contribution in [0.5, 0.6) is 5.75 Å². The number of hydrogen-bond donors (Lipinski definition) is 2. The number of rotatable bonds is 5. The van der Waals surface area contributed by atoms with E-state index in [-0.39, 0.29) is 5.91 Å². The first-order valence-electron chi connectivity index (χ1n) is 6.76. The summed E-state index contributed by atoms with van der Waals surface area (Å²) < 4.78 is 5.17. The molecule has 3 rings (SSSR count). The Bertz CT molecular complexity index is 765. The number of benzene rings is 1. The highest BCUT2D eigenvalue weighted by Gasteiger charge is 2.10. The summed E-state index contributed by atoms with van der Waals surface area (Å²) >= 11 is 1.44. The Morgan fingerprint density at radius 3 is 3.05 bits per heavy atom. The van der Waals surface area contributed by atoms with Gasteiger partial charge in [-0.2, -0.15) is 5.10 Å². The molecule has 5 nitrogen and oxygen atoms in total. The van der Waals surface area contributed by atoms with E-state index in [1.807, 2.05) is 42.6 Å². The molecule has 3 aromatic rings. The van der Waals surface area contributed by atoms with Crippen LogP contribution in [0, 0.1) is 0 Å². The van der Waals surface area contributed by atoms with Crippen molar-refractivity contribution >= 4 is 17.2 Å². The molecule has 112 valence electrons. The maximum absolute atomic E-state index is 12.2. The number of ether oxygens (including phenoxy) is 1. The Kier molecular flexibility index (Phi) is 4.20. The first-order chi connectivity index (χ1) is 10.8. The molecular weight excluding hydrogens is 298 g/mol. The topological polar surface area (TPSA) is 67.0 Å². The molecule has 0 aliphatic heterocycles. The molecule has 6 heteroatoms. The van der Waals surface area contributed by atoms with E-state index < -0.39 is 0 Å². The van der Waals surface area contributed by atoms with E-state index in [1.165, 1.54) is 11.3 Å². The van der Waals surface area contributed by atoms with Crippen molar-refractivity contribution in [3.05, 3.63) is 59.2 Å². The third-order valence-corrected chi connectivity index (χ3v) is 4.33. The van der Waals surface area contributed by atoms with E-state index >= 15 is 0 Å². The van der Waals surface area contributed by atoms with Crippen LogP contribution < -0.4 is 10.1 Å². The molecule has 2 N–H and O–H groups in total. The van der Waals surface area contributed by atoms with Crippen LogP contribution in [0.1, 0.15) is 15.2 Å². The fraction of sp³-hybridized carbons (Fsp3) is 0.125. The van der Waals surface area contributed by atoms with Crippen molar-refractivity contribution in [1.29, 1.82) is 0 Å². The van der Waals surface area contributed by atoms with E-state index in [9.17, 15) is 4.79 Å². The molecule has 2 heterocycles. The summed E-state index contributed by atoms with van der Waals surface area (Å²) in [5.41, 5.74) is 1.98. The summed E-state index contributed by atoms with van der Waals surface area (Å²) in [5.74, 6) is 0.702. The lowest BCUT2D eigenvalue weighted by Crippen LogP contribution is -2.21. The first kappa shape index (κ1) is 14.3. The van der Waals surface area contributed by atoms with Crippen molar-refractivity contribution in [3.63, 3.8) is 0 Å². The van der Waals surface area contributed by atoms with Crippen molar-refractivity contribution in [1.82, 2.24) is 15.5 Å². The fourth-order valence-corrected chi connectivity index (χ4v) is 2.96. The van der Waals surface area contributed by atoms with Crippen molar-refractivity contribution in [3.8, 4) is 16.2 Å². The molecule has 22 heavy (non-hydrogen) atoms. The number of nitrogens with one attached hydrogen (secondary N) is 2. The van der Waals surface area contributed by atoms with Crippen molar-refractivity contribution in [2.45, 2.75) is 6.54 Å². The Labute approximate surface area is 132 Å². The van der Waals surface area contributed by atoms with Crippen LogP contribution in [0.4, 0.5) is 0 Å². The number of nitrogens with zero attached hydrogens (tertiary/aromatic N) is 1. The van der Waals surface area contributed by atoms with Gasteiger partial charge in [0.1, 0.15) is 5.75 Å². The average molecular weight is 313 g/mol. The van der Waals surface area contributed by atoms with Gasteiger partial charge in [0, 0.05) is 23.2 Å². The molecule has 0 bridgehead atoms. The SMILES string of the molecule is COc1cccc(CNC(=O)c2ccc(-c3cn[nH]c3)s2)c1. The molecule has 0 fully saturated rings. The first-order valence-corrected chi connectivity index (χ1v) is 7.58. The summed E-state index contributed by atoms with van der Waals surface area (Å²) in [6.07, 6.45) is 3.55. The van der Waals surface area contributed by atoms with Crippen LogP contribution >= 0.6 is 11.3 Å². The largest absolute Gasteiger partial charge is 0.497 e. The van der Waals surface area contributed by atoms with Crippen LogP contribution in [0.25, 0.3) is 10.4 Å². The van der Waals surface area contributed by atoms with Crippen LogP contribution in [0.2, 0.25) is 0 Å². The molecule has 0 aliphatic rings. The lowest BCUT2D eigenvalue weighted by atomic mass is 10.2. The predicted octanol–water partition coefficient (Wildman–Crippen LogP) is 3.08. The predicted molar refractivity (Wildman–Crippen MR) is 86.1 cm³/mol. The molecule has 0 saturated carbocycles. The summed E-state index contributed by atoms with van der Waals surface area (Å²) in [6.45, 7) is 0.467. The van der Waals surface area contributed by atoms with Gasteiger partial charge in [-0.1, -0.05) is 12.1 Å². The maximum Gasteiger partial charge on any atom is 0.261 e. The number of methoxy groups -OCH3 is 1. The van der Waals surface area contributed by atoms with Crippen LogP contribution in [-0.4, -0.2) is 23.2 Å². The van der Waals surface area contributed by atoms with E-state index in [1.54, 1.807) is 13.3 Å². The molecule has 0 unspecified atom stereocenters. The third kappa shape index (κ3) is 3.17. The number of H-pyrrole nitrogens is 1. The minimum Gasteiger partial charge on any atom is -0.497 e. The second kappa shape index (κ2) is 6.44. The molecule has 0 saturated heterocycles. The zero-order valence-electron chi connectivity index (χ0n) is 12.0. The number of aromatic amines is 1. The van der Waals surface area contributed by atoms with Crippen LogP contribution in [0.3, 0.4) is 0 Å². The Balaban J connectivity index is 1.64. The summed E-state index contributed by atoms with van der Waals surface area (Å²) in [5, 5.41) is 9.60. The second-order valence-corrected chi connectivity index (χ2v) is 5.77. The third-order valence-electron chi connectivity index (χ3n) is 3.20. The van der Waals surface area contributed by atoms with E-state index in [2.05, 4.69) is 15.5 Å². The highest BCUT2D eigenvalue weighted by atomic mass is 32.1. The number of carbonyl (C=O) groups excluding carboxylic acids is 1. The zero-order chi connectivity index (χ0) is 15.4. The van der Waals surface area contributed by atoms with Gasteiger partial charge in [0.05, 0.1) is 18.2 Å². The second-order valence-electron chi connectivity index (χ2n) is 4.69. The number of aromatic nitrogens is 2. The Morgan fingerprint density at radius 2 is 2.27 bits per heavy atom. The number of carbonyl (C=O) groups is 1. The normalized spacial score (nSPS) is 10.4. The highest BCUT2D eigenvalue weighted by molar-refractivity contribution is 7.17. The number of hydrogen-bond acceptors (Lipinski definition) is 4. The fourth-order valence-electron chi connectivity index (χ4n) is 2.05. The molecular formula is C16H15N3O2S. The smallest absolute Gasteiger partial charge is 0.261 e. The molecule has 0 spiro atoms. The van der Waals surface area contributed by atoms with Crippen molar-refractivity contribution < 1.29 is 9.53 Å². The zero-order valence-corrected chi connectivity index (χ0v) is 12.8. The molecule has 0 radical (unpaired) electrons. The number of thiophene rings is 1. The summed E-state index contributed by atoms with van der Waals surface area (Å²) in [4.78, 5) is 13.9. The Hall–Kier alpha value is -2.60.